The van der Waals surface area contributed by atoms with Gasteiger partial charge in [-0.3, -0.25) is 4.79 Å². The summed E-state index contributed by atoms with van der Waals surface area (Å²) in [5, 5.41) is 0.230. The Bertz CT molecular complexity index is 569. The molecule has 1 aromatic carbocycles. The van der Waals surface area contributed by atoms with Crippen molar-refractivity contribution in [2.75, 3.05) is 7.11 Å². The summed E-state index contributed by atoms with van der Waals surface area (Å²) in [4.78, 5) is 11.8. The predicted molar refractivity (Wildman–Crippen MR) is 86.9 cm³/mol. The predicted octanol–water partition coefficient (Wildman–Crippen LogP) is 3.76. The van der Waals surface area contributed by atoms with Gasteiger partial charge in [0.1, 0.15) is 5.82 Å². The van der Waals surface area contributed by atoms with Gasteiger partial charge in [0.15, 0.2) is 0 Å². The van der Waals surface area contributed by atoms with E-state index in [1.165, 1.54) is 19.2 Å². The standard InChI is InChI=1S/C16H21BClFO4/c1-15(2)16(3,4)23-17(22-15)10(9-13(20)21-5)14-11(18)7-6-8-12(14)19/h6-8,10H,9H2,1-5H3. The van der Waals surface area contributed by atoms with Gasteiger partial charge in [-0.25, -0.2) is 4.39 Å². The number of esters is 1. The smallest absolute Gasteiger partial charge is 0.466 e. The highest BCUT2D eigenvalue weighted by atomic mass is 35.5. The summed E-state index contributed by atoms with van der Waals surface area (Å²) in [5.41, 5.74) is -0.980. The Labute approximate surface area is 141 Å². The van der Waals surface area contributed by atoms with Crippen molar-refractivity contribution in [3.63, 3.8) is 0 Å². The highest BCUT2D eigenvalue weighted by Crippen LogP contribution is 2.43. The van der Waals surface area contributed by atoms with Crippen molar-refractivity contribution in [2.45, 2.75) is 51.1 Å². The third-order valence-corrected chi connectivity index (χ3v) is 4.91. The Morgan fingerprint density at radius 2 is 1.87 bits per heavy atom. The molecule has 0 spiro atoms. The molecule has 0 radical (unpaired) electrons. The van der Waals surface area contributed by atoms with Crippen molar-refractivity contribution in [3.05, 3.63) is 34.6 Å². The topological polar surface area (TPSA) is 44.8 Å². The molecule has 0 amide bonds. The van der Waals surface area contributed by atoms with Crippen LogP contribution in [0.3, 0.4) is 0 Å². The van der Waals surface area contributed by atoms with E-state index in [2.05, 4.69) is 0 Å². The van der Waals surface area contributed by atoms with E-state index in [4.69, 9.17) is 25.6 Å². The number of benzene rings is 1. The average molecular weight is 343 g/mol. The highest BCUT2D eigenvalue weighted by Gasteiger charge is 2.55. The second-order valence-corrected chi connectivity index (χ2v) is 7.05. The van der Waals surface area contributed by atoms with Gasteiger partial charge in [0, 0.05) is 16.4 Å². The second-order valence-electron chi connectivity index (χ2n) is 6.65. The lowest BCUT2D eigenvalue weighted by molar-refractivity contribution is -0.140. The number of rotatable bonds is 4. The van der Waals surface area contributed by atoms with Crippen molar-refractivity contribution in [1.82, 2.24) is 0 Å². The van der Waals surface area contributed by atoms with Crippen LogP contribution in [0.25, 0.3) is 0 Å². The zero-order valence-corrected chi connectivity index (χ0v) is 14.7. The van der Waals surface area contributed by atoms with Gasteiger partial charge in [0.25, 0.3) is 0 Å². The maximum absolute atomic E-state index is 14.3. The first-order valence-electron chi connectivity index (χ1n) is 7.45. The molecule has 126 valence electrons. The van der Waals surface area contributed by atoms with Crippen LogP contribution < -0.4 is 0 Å². The Morgan fingerprint density at radius 3 is 2.35 bits per heavy atom. The highest BCUT2D eigenvalue weighted by molar-refractivity contribution is 6.48. The van der Waals surface area contributed by atoms with E-state index < -0.39 is 35.9 Å². The zero-order valence-electron chi connectivity index (χ0n) is 14.0. The summed E-state index contributed by atoms with van der Waals surface area (Å²) in [5.74, 6) is -1.68. The van der Waals surface area contributed by atoms with E-state index in [9.17, 15) is 9.18 Å². The lowest BCUT2D eigenvalue weighted by atomic mass is 9.66. The molecule has 1 fully saturated rings. The number of hydrogen-bond donors (Lipinski definition) is 0. The van der Waals surface area contributed by atoms with Crippen LogP contribution in [0.2, 0.25) is 5.02 Å². The van der Waals surface area contributed by atoms with Crippen LogP contribution in [0.15, 0.2) is 18.2 Å². The van der Waals surface area contributed by atoms with Crippen LogP contribution in [0.4, 0.5) is 4.39 Å². The molecule has 1 unspecified atom stereocenters. The molecule has 2 rings (SSSR count). The summed E-state index contributed by atoms with van der Waals surface area (Å²) in [6, 6.07) is 4.40. The van der Waals surface area contributed by atoms with Crippen LogP contribution in [0.1, 0.15) is 45.5 Å². The summed E-state index contributed by atoms with van der Waals surface area (Å²) in [6.07, 6.45) is -0.0893. The first kappa shape index (κ1) is 18.2. The van der Waals surface area contributed by atoms with Crippen molar-refractivity contribution in [3.8, 4) is 0 Å². The minimum atomic E-state index is -0.798. The van der Waals surface area contributed by atoms with Crippen LogP contribution in [0, 0.1) is 5.82 Å². The molecular formula is C16H21BClFO4. The number of ether oxygens (including phenoxy) is 1. The first-order valence-corrected chi connectivity index (χ1v) is 7.83. The SMILES string of the molecule is COC(=O)CC(B1OC(C)(C)C(C)(C)O1)c1c(F)cccc1Cl. The van der Waals surface area contributed by atoms with Gasteiger partial charge in [-0.1, -0.05) is 17.7 Å². The van der Waals surface area contributed by atoms with E-state index in [0.717, 1.165) is 0 Å². The molecule has 1 saturated heterocycles. The third kappa shape index (κ3) is 3.54. The Balaban J connectivity index is 2.42. The summed E-state index contributed by atoms with van der Waals surface area (Å²) in [7, 11) is 0.487. The van der Waals surface area contributed by atoms with Crippen molar-refractivity contribution in [1.29, 1.82) is 0 Å². The van der Waals surface area contributed by atoms with Gasteiger partial charge in [-0.05, 0) is 39.8 Å². The number of halogens is 2. The fourth-order valence-electron chi connectivity index (χ4n) is 2.52. The van der Waals surface area contributed by atoms with Crippen molar-refractivity contribution in [2.24, 2.45) is 0 Å². The maximum atomic E-state index is 14.3. The van der Waals surface area contributed by atoms with Crippen LogP contribution >= 0.6 is 11.6 Å². The molecule has 1 aliphatic rings. The van der Waals surface area contributed by atoms with E-state index in [-0.39, 0.29) is 17.0 Å². The summed E-state index contributed by atoms with van der Waals surface area (Å²) in [6.45, 7) is 7.58. The molecule has 0 aromatic heterocycles. The molecule has 0 aliphatic carbocycles. The monoisotopic (exact) mass is 342 g/mol. The van der Waals surface area contributed by atoms with Crippen molar-refractivity contribution >= 4 is 24.7 Å². The van der Waals surface area contributed by atoms with E-state index in [1.807, 2.05) is 27.7 Å². The van der Waals surface area contributed by atoms with Gasteiger partial charge in [-0.2, -0.15) is 0 Å². The van der Waals surface area contributed by atoms with Gasteiger partial charge in [0.05, 0.1) is 24.7 Å². The lowest BCUT2D eigenvalue weighted by Gasteiger charge is -2.32. The lowest BCUT2D eigenvalue weighted by Crippen LogP contribution is -2.41. The molecule has 4 nitrogen and oxygen atoms in total. The number of carbonyl (C=O) groups excluding carboxylic acids is 1. The maximum Gasteiger partial charge on any atom is 0.466 e. The van der Waals surface area contributed by atoms with Gasteiger partial charge >= 0.3 is 13.1 Å². The fourth-order valence-corrected chi connectivity index (χ4v) is 2.82. The third-order valence-electron chi connectivity index (χ3n) is 4.58. The molecule has 1 heterocycles. The largest absolute Gasteiger partial charge is 0.469 e. The number of carbonyl (C=O) groups is 1. The first-order chi connectivity index (χ1) is 10.6. The molecule has 0 N–H and O–H groups in total. The van der Waals surface area contributed by atoms with Gasteiger partial charge in [-0.15, -0.1) is 0 Å². The molecule has 0 bridgehead atoms. The molecule has 1 atom stereocenters. The molecule has 7 heteroatoms. The zero-order chi connectivity index (χ0) is 17.4. The van der Waals surface area contributed by atoms with E-state index in [1.54, 1.807) is 6.07 Å². The van der Waals surface area contributed by atoms with Crippen LogP contribution in [0.5, 0.6) is 0 Å². The molecule has 0 saturated carbocycles. The van der Waals surface area contributed by atoms with Crippen LogP contribution in [-0.2, 0) is 18.8 Å². The van der Waals surface area contributed by atoms with Gasteiger partial charge < -0.3 is 14.0 Å². The van der Waals surface area contributed by atoms with Crippen molar-refractivity contribution < 1.29 is 23.2 Å². The minimum absolute atomic E-state index is 0.0893. The molecular weight excluding hydrogens is 321 g/mol. The van der Waals surface area contributed by atoms with E-state index in [0.29, 0.717) is 0 Å². The van der Waals surface area contributed by atoms with E-state index >= 15 is 0 Å². The summed E-state index contributed by atoms with van der Waals surface area (Å²) < 4.78 is 31.0. The Hall–Kier alpha value is -1.11. The quantitative estimate of drug-likeness (QED) is 0.617. The average Bonchev–Trinajstić information content (AvgIpc) is 2.65. The number of methoxy groups -OCH3 is 1. The Kier molecular flexibility index (Phi) is 5.09. The Morgan fingerprint density at radius 1 is 1.30 bits per heavy atom. The normalized spacial score (nSPS) is 20.4. The molecule has 23 heavy (non-hydrogen) atoms. The minimum Gasteiger partial charge on any atom is -0.469 e. The van der Waals surface area contributed by atoms with Gasteiger partial charge in [0.2, 0.25) is 0 Å². The molecule has 1 aromatic rings. The fraction of sp³-hybridized carbons (Fsp3) is 0.562. The van der Waals surface area contributed by atoms with Crippen LogP contribution in [-0.4, -0.2) is 31.4 Å². The summed E-state index contributed by atoms with van der Waals surface area (Å²) >= 11 is 6.17. The second kappa shape index (κ2) is 6.42. The molecule has 1 aliphatic heterocycles. The number of hydrogen-bond acceptors (Lipinski definition) is 4.